The van der Waals surface area contributed by atoms with Gasteiger partial charge in [0.15, 0.2) is 17.1 Å². The molecule has 0 spiro atoms. The number of methoxy groups -OCH3 is 1. The van der Waals surface area contributed by atoms with Gasteiger partial charge in [0, 0.05) is 21.2 Å². The Hall–Kier alpha value is -3.20. The van der Waals surface area contributed by atoms with Crippen molar-refractivity contribution >= 4 is 58.2 Å². The molecular weight excluding hydrogens is 497 g/mol. The average Bonchev–Trinajstić information content (AvgIpc) is 3.26. The van der Waals surface area contributed by atoms with E-state index in [1.807, 2.05) is 24.3 Å². The predicted molar refractivity (Wildman–Crippen MR) is 134 cm³/mol. The third-order valence-electron chi connectivity index (χ3n) is 4.61. The molecule has 174 valence electrons. The van der Waals surface area contributed by atoms with E-state index in [4.69, 9.17) is 37.1 Å². The molecule has 1 aromatic heterocycles. The van der Waals surface area contributed by atoms with E-state index in [0.717, 1.165) is 11.1 Å². The molecule has 3 aromatic carbocycles. The maximum atomic E-state index is 12.2. The number of hydrogen-bond donors (Lipinski definition) is 1. The molecule has 7 nitrogen and oxygen atoms in total. The van der Waals surface area contributed by atoms with E-state index in [0.29, 0.717) is 37.9 Å². The predicted octanol–water partition coefficient (Wildman–Crippen LogP) is 5.96. The number of para-hydroxylation sites is 3. The zero-order valence-corrected chi connectivity index (χ0v) is 20.3. The van der Waals surface area contributed by atoms with Crippen molar-refractivity contribution in [2.24, 2.45) is 5.10 Å². The molecule has 0 bridgehead atoms. The Morgan fingerprint density at radius 2 is 2.03 bits per heavy atom. The highest BCUT2D eigenvalue weighted by molar-refractivity contribution is 7.99. The quantitative estimate of drug-likeness (QED) is 0.168. The fourth-order valence-electron chi connectivity index (χ4n) is 2.98. The summed E-state index contributed by atoms with van der Waals surface area (Å²) < 4.78 is 17.0. The van der Waals surface area contributed by atoms with Crippen LogP contribution >= 0.6 is 35.0 Å². The van der Waals surface area contributed by atoms with E-state index in [2.05, 4.69) is 15.5 Å². The summed E-state index contributed by atoms with van der Waals surface area (Å²) in [7, 11) is 1.55. The lowest BCUT2D eigenvalue weighted by atomic mass is 10.2. The summed E-state index contributed by atoms with van der Waals surface area (Å²) in [6, 6.07) is 18.0. The number of hydrazone groups is 1. The first-order valence-electron chi connectivity index (χ1n) is 10.1. The molecule has 1 amide bonds. The molecule has 4 rings (SSSR count). The van der Waals surface area contributed by atoms with Crippen molar-refractivity contribution in [3.05, 3.63) is 81.8 Å². The van der Waals surface area contributed by atoms with Crippen molar-refractivity contribution in [1.29, 1.82) is 0 Å². The number of carbonyl (C=O) groups excluding carboxylic acids is 1. The van der Waals surface area contributed by atoms with Crippen molar-refractivity contribution in [3.8, 4) is 11.5 Å². The van der Waals surface area contributed by atoms with Gasteiger partial charge in [-0.15, -0.1) is 0 Å². The third kappa shape index (κ3) is 6.02. The zero-order valence-electron chi connectivity index (χ0n) is 18.0. The summed E-state index contributed by atoms with van der Waals surface area (Å²) in [5.41, 5.74) is 5.31. The first kappa shape index (κ1) is 23.9. The molecule has 0 atom stereocenters. The highest BCUT2D eigenvalue weighted by atomic mass is 35.5. The van der Waals surface area contributed by atoms with Gasteiger partial charge in [0.05, 0.1) is 19.1 Å². The molecular formula is C24H19Cl2N3O4S. The third-order valence-corrected chi connectivity index (χ3v) is 6.03. The number of ether oxygens (including phenoxy) is 2. The maximum Gasteiger partial charge on any atom is 0.257 e. The number of benzene rings is 3. The summed E-state index contributed by atoms with van der Waals surface area (Å²) in [5, 5.41) is 5.52. The van der Waals surface area contributed by atoms with Gasteiger partial charge in [0.25, 0.3) is 11.1 Å². The van der Waals surface area contributed by atoms with Crippen molar-refractivity contribution in [3.63, 3.8) is 0 Å². The monoisotopic (exact) mass is 515 g/mol. The fraction of sp³-hybridized carbons (Fsp3) is 0.125. The van der Waals surface area contributed by atoms with Crippen molar-refractivity contribution < 1.29 is 18.7 Å². The summed E-state index contributed by atoms with van der Waals surface area (Å²) in [6.07, 6.45) is 1.49. The number of thioether (sulfide) groups is 1. The van der Waals surface area contributed by atoms with E-state index in [1.54, 1.807) is 43.5 Å². The van der Waals surface area contributed by atoms with Gasteiger partial charge in [-0.05, 0) is 36.4 Å². The van der Waals surface area contributed by atoms with Crippen LogP contribution in [0.2, 0.25) is 10.0 Å². The van der Waals surface area contributed by atoms with Crippen LogP contribution in [0.1, 0.15) is 11.1 Å². The molecule has 4 aromatic rings. The van der Waals surface area contributed by atoms with Gasteiger partial charge in [-0.1, -0.05) is 59.2 Å². The highest BCUT2D eigenvalue weighted by Gasteiger charge is 2.12. The Kier molecular flexibility index (Phi) is 7.95. The van der Waals surface area contributed by atoms with Gasteiger partial charge in [0.1, 0.15) is 12.1 Å². The molecule has 0 fully saturated rings. The highest BCUT2D eigenvalue weighted by Crippen LogP contribution is 2.32. The van der Waals surface area contributed by atoms with E-state index in [-0.39, 0.29) is 18.3 Å². The molecule has 0 aliphatic rings. The topological polar surface area (TPSA) is 86.0 Å². The van der Waals surface area contributed by atoms with Crippen LogP contribution in [0.3, 0.4) is 0 Å². The molecule has 10 heteroatoms. The number of aromatic nitrogens is 1. The SMILES string of the molecule is COc1cccc(/C=N\NC(=O)CSc2nc3ccccc3o2)c1OCc1ccc(Cl)cc1Cl. The molecule has 0 aliphatic heterocycles. The molecule has 0 aliphatic carbocycles. The van der Waals surface area contributed by atoms with Crippen LogP contribution in [0, 0.1) is 0 Å². The Morgan fingerprint density at radius 3 is 2.82 bits per heavy atom. The Balaban J connectivity index is 1.38. The van der Waals surface area contributed by atoms with E-state index >= 15 is 0 Å². The summed E-state index contributed by atoms with van der Waals surface area (Å²) in [4.78, 5) is 16.5. The Bertz CT molecular complexity index is 1310. The van der Waals surface area contributed by atoms with E-state index < -0.39 is 0 Å². The molecule has 0 saturated heterocycles. The second-order valence-electron chi connectivity index (χ2n) is 6.93. The van der Waals surface area contributed by atoms with Crippen LogP contribution in [0.4, 0.5) is 0 Å². The largest absolute Gasteiger partial charge is 0.493 e. The second kappa shape index (κ2) is 11.3. The molecule has 0 saturated carbocycles. The zero-order chi connectivity index (χ0) is 23.9. The molecule has 0 radical (unpaired) electrons. The first-order valence-corrected chi connectivity index (χ1v) is 11.8. The van der Waals surface area contributed by atoms with Crippen LogP contribution < -0.4 is 14.9 Å². The van der Waals surface area contributed by atoms with Crippen LogP contribution in [0.25, 0.3) is 11.1 Å². The number of halogens is 2. The number of fused-ring (bicyclic) bond motifs is 1. The summed E-state index contributed by atoms with van der Waals surface area (Å²) in [5.74, 6) is 0.782. The molecule has 0 unspecified atom stereocenters. The van der Waals surface area contributed by atoms with Crippen LogP contribution in [-0.4, -0.2) is 30.0 Å². The average molecular weight is 516 g/mol. The minimum Gasteiger partial charge on any atom is -0.493 e. The van der Waals surface area contributed by atoms with Gasteiger partial charge in [-0.25, -0.2) is 10.4 Å². The van der Waals surface area contributed by atoms with Crippen molar-refractivity contribution in [2.75, 3.05) is 12.9 Å². The number of nitrogens with one attached hydrogen (secondary N) is 1. The minimum atomic E-state index is -0.304. The summed E-state index contributed by atoms with van der Waals surface area (Å²) >= 11 is 13.4. The smallest absolute Gasteiger partial charge is 0.257 e. The minimum absolute atomic E-state index is 0.0979. The van der Waals surface area contributed by atoms with Gasteiger partial charge in [0.2, 0.25) is 0 Å². The molecule has 1 N–H and O–H groups in total. The Labute approximate surface area is 210 Å². The van der Waals surface area contributed by atoms with Crippen molar-refractivity contribution in [2.45, 2.75) is 11.8 Å². The number of amides is 1. The fourth-order valence-corrected chi connectivity index (χ4v) is 4.08. The van der Waals surface area contributed by atoms with Gasteiger partial charge in [-0.3, -0.25) is 4.79 Å². The lowest BCUT2D eigenvalue weighted by molar-refractivity contribution is -0.118. The lowest BCUT2D eigenvalue weighted by Crippen LogP contribution is -2.19. The Morgan fingerprint density at radius 1 is 1.18 bits per heavy atom. The number of hydrogen-bond acceptors (Lipinski definition) is 7. The number of rotatable bonds is 9. The number of nitrogens with zero attached hydrogens (tertiary/aromatic N) is 2. The molecule has 34 heavy (non-hydrogen) atoms. The van der Waals surface area contributed by atoms with E-state index in [9.17, 15) is 4.79 Å². The van der Waals surface area contributed by atoms with Crippen molar-refractivity contribution in [1.82, 2.24) is 10.4 Å². The lowest BCUT2D eigenvalue weighted by Gasteiger charge is -2.14. The van der Waals surface area contributed by atoms with Gasteiger partial charge >= 0.3 is 0 Å². The maximum absolute atomic E-state index is 12.2. The standard InChI is InChI=1S/C24H19Cl2N3O4S/c1-31-21-8-4-5-15(23(21)32-13-16-9-10-17(25)11-18(16)26)12-27-29-22(30)14-34-24-28-19-6-2-3-7-20(19)33-24/h2-12H,13-14H2,1H3,(H,29,30)/b27-12-. The normalized spacial score (nSPS) is 11.1. The van der Waals surface area contributed by atoms with Gasteiger partial charge in [-0.2, -0.15) is 5.10 Å². The second-order valence-corrected chi connectivity index (χ2v) is 8.70. The number of oxazole rings is 1. The van der Waals surface area contributed by atoms with Crippen LogP contribution in [0.5, 0.6) is 11.5 Å². The van der Waals surface area contributed by atoms with E-state index in [1.165, 1.54) is 18.0 Å². The van der Waals surface area contributed by atoms with Crippen LogP contribution in [-0.2, 0) is 11.4 Å². The van der Waals surface area contributed by atoms with Crippen LogP contribution in [0.15, 0.2) is 75.4 Å². The number of carbonyl (C=O) groups is 1. The first-order chi connectivity index (χ1) is 16.5. The summed E-state index contributed by atoms with van der Waals surface area (Å²) in [6.45, 7) is 0.199. The molecule has 1 heterocycles. The van der Waals surface area contributed by atoms with Gasteiger partial charge < -0.3 is 13.9 Å².